The zero-order valence-electron chi connectivity index (χ0n) is 32.3. The van der Waals surface area contributed by atoms with E-state index >= 15 is 0 Å². The van der Waals surface area contributed by atoms with Gasteiger partial charge in [0.15, 0.2) is 0 Å². The molecule has 0 aliphatic carbocycles. The second-order valence-electron chi connectivity index (χ2n) is 13.0. The SMILES string of the molecule is O=S(=O)(O)c1ccc(N=Nc2ccc(N=[N+]([O-])c3ccc(/C=C/c4ccc([N+]([O-])=Nc5ccc([N+]([O-])=Nc6ccc(S(=O)(=O)O)cc6)cc5)cc4S(=O)(=O)O)c(S(=O)(=O)O)c3)cc2)cc1. The van der Waals surface area contributed by atoms with E-state index in [0.717, 1.165) is 72.8 Å². The summed E-state index contributed by atoms with van der Waals surface area (Å²) in [5, 5.41) is 57.8. The van der Waals surface area contributed by atoms with Crippen molar-refractivity contribution in [2.24, 2.45) is 25.6 Å². The molecule has 0 aliphatic heterocycles. The number of hydrogen-bond donors (Lipinski definition) is 4. The first-order valence-corrected chi connectivity index (χ1v) is 23.4. The van der Waals surface area contributed by atoms with Crippen molar-refractivity contribution in [1.29, 1.82) is 0 Å². The summed E-state index contributed by atoms with van der Waals surface area (Å²) in [6.07, 6.45) is 2.11. The van der Waals surface area contributed by atoms with E-state index in [-0.39, 0.29) is 70.4 Å². The first-order valence-electron chi connectivity index (χ1n) is 17.7. The molecule has 334 valence electrons. The average Bonchev–Trinajstić information content (AvgIpc) is 3.24. The highest BCUT2D eigenvalue weighted by molar-refractivity contribution is 7.86. The second kappa shape index (κ2) is 18.7. The van der Waals surface area contributed by atoms with Gasteiger partial charge in [-0.05, 0) is 108 Å². The van der Waals surface area contributed by atoms with Gasteiger partial charge in [0.1, 0.15) is 26.9 Å². The molecular weight excluding hydrogens is 937 g/mol. The van der Waals surface area contributed by atoms with Crippen molar-refractivity contribution in [3.05, 3.63) is 160 Å². The number of benzene rings is 6. The molecule has 4 N–H and O–H groups in total. The summed E-state index contributed by atoms with van der Waals surface area (Å²) in [6, 6.07) is 26.0. The summed E-state index contributed by atoms with van der Waals surface area (Å²) in [6.45, 7) is 0. The fourth-order valence-electron chi connectivity index (χ4n) is 5.39. The molecular formula is C38H28N8O15S4. The van der Waals surface area contributed by atoms with Gasteiger partial charge >= 0.3 is 0 Å². The molecule has 6 aromatic rings. The van der Waals surface area contributed by atoms with E-state index in [1.165, 1.54) is 72.8 Å². The van der Waals surface area contributed by atoms with Gasteiger partial charge in [0.05, 0.1) is 21.2 Å². The minimum Gasteiger partial charge on any atom is -0.594 e. The minimum atomic E-state index is -5.05. The highest BCUT2D eigenvalue weighted by Crippen LogP contribution is 2.30. The van der Waals surface area contributed by atoms with Crippen molar-refractivity contribution in [3.8, 4) is 0 Å². The number of hydrogen-bond acceptors (Lipinski definition) is 16. The number of nitrogens with zero attached hydrogens (tertiary/aromatic N) is 8. The first-order chi connectivity index (χ1) is 30.4. The van der Waals surface area contributed by atoms with E-state index in [1.54, 1.807) is 0 Å². The van der Waals surface area contributed by atoms with Crippen LogP contribution < -0.4 is 0 Å². The van der Waals surface area contributed by atoms with Crippen LogP contribution in [0.1, 0.15) is 11.1 Å². The Morgan fingerprint density at radius 1 is 0.369 bits per heavy atom. The smallest absolute Gasteiger partial charge is 0.295 e. The molecule has 0 atom stereocenters. The van der Waals surface area contributed by atoms with E-state index in [9.17, 15) is 58.4 Å². The predicted molar refractivity (Wildman–Crippen MR) is 227 cm³/mol. The molecule has 0 amide bonds. The van der Waals surface area contributed by atoms with Crippen molar-refractivity contribution in [3.63, 3.8) is 0 Å². The molecule has 23 nitrogen and oxygen atoms in total. The van der Waals surface area contributed by atoms with Crippen LogP contribution in [0.5, 0.6) is 0 Å². The van der Waals surface area contributed by atoms with Crippen molar-refractivity contribution in [2.75, 3.05) is 0 Å². The zero-order valence-corrected chi connectivity index (χ0v) is 35.6. The van der Waals surface area contributed by atoms with Crippen LogP contribution in [0.15, 0.2) is 179 Å². The standard InChI is InChI=1S/C38H28N8O15S4/c47-44(41-31-13-21-36(22-14-31)63(53,54)55)32-17-9-30(10-18-32)43-46(49)34-16-4-26(38(24-34)65(59,60)61)2-1-25-3-15-33(23-37(25)64(56,57)58)45(48)42-29-7-5-27(6-8-29)39-40-28-11-19-35(20-12-28)62(50,51)52/h1-24H,(H,50,51,52)(H,53,54,55)(H,56,57,58)(H,59,60,61)/b2-1+,40-39?,44-41?,45-42?,46-43?. The fraction of sp³-hybridized carbons (Fsp3) is 0. The molecule has 6 aromatic carbocycles. The summed E-state index contributed by atoms with van der Waals surface area (Å²) in [5.41, 5.74) is -0.559. The summed E-state index contributed by atoms with van der Waals surface area (Å²) in [7, 11) is -18.9. The van der Waals surface area contributed by atoms with E-state index < -0.39 is 55.2 Å². The lowest BCUT2D eigenvalue weighted by Gasteiger charge is -2.07. The Kier molecular flexibility index (Phi) is 13.5. The average molecular weight is 965 g/mol. The number of azo groups is 4. The van der Waals surface area contributed by atoms with Crippen LogP contribution in [0.3, 0.4) is 0 Å². The molecule has 0 aliphatic rings. The van der Waals surface area contributed by atoms with Crippen LogP contribution in [0.25, 0.3) is 12.2 Å². The van der Waals surface area contributed by atoms with Gasteiger partial charge in [-0.1, -0.05) is 26.7 Å². The van der Waals surface area contributed by atoms with Crippen LogP contribution in [0.4, 0.5) is 45.5 Å². The monoisotopic (exact) mass is 964 g/mol. The lowest BCUT2D eigenvalue weighted by molar-refractivity contribution is -0.436. The van der Waals surface area contributed by atoms with Gasteiger partial charge in [0, 0.05) is 51.7 Å². The zero-order chi connectivity index (χ0) is 47.3. The summed E-state index contributed by atoms with van der Waals surface area (Å²) in [4.78, 5) is -2.05. The van der Waals surface area contributed by atoms with E-state index in [0.29, 0.717) is 5.69 Å². The molecule has 27 heteroatoms. The highest BCUT2D eigenvalue weighted by atomic mass is 32.2. The molecule has 0 unspecified atom stereocenters. The van der Waals surface area contributed by atoms with E-state index in [4.69, 9.17) is 9.11 Å². The van der Waals surface area contributed by atoms with Gasteiger partial charge in [-0.2, -0.15) is 43.9 Å². The number of rotatable bonds is 14. The third-order valence-corrected chi connectivity index (χ3v) is 12.1. The molecule has 0 aromatic heterocycles. The Bertz CT molecular complexity index is 3420. The molecule has 0 saturated carbocycles. The maximum Gasteiger partial charge on any atom is 0.295 e. The quantitative estimate of drug-likeness (QED) is 0.0260. The summed E-state index contributed by atoms with van der Waals surface area (Å²) >= 11 is 0. The Labute approximate surface area is 368 Å². The molecule has 0 saturated heterocycles. The highest BCUT2D eigenvalue weighted by Gasteiger charge is 2.21. The lowest BCUT2D eigenvalue weighted by Crippen LogP contribution is -2.03. The van der Waals surface area contributed by atoms with Gasteiger partial charge in [0.2, 0.25) is 17.1 Å². The van der Waals surface area contributed by atoms with Crippen molar-refractivity contribution >= 4 is 98.1 Å². The van der Waals surface area contributed by atoms with Gasteiger partial charge in [-0.25, -0.2) is 0 Å². The van der Waals surface area contributed by atoms with Crippen molar-refractivity contribution in [2.45, 2.75) is 19.6 Å². The topological polar surface area (TPSA) is 357 Å². The normalized spacial score (nSPS) is 13.4. The van der Waals surface area contributed by atoms with Crippen molar-refractivity contribution < 1.29 is 66.5 Å². The Balaban J connectivity index is 1.18. The molecule has 6 rings (SSSR count). The molecule has 0 spiro atoms. The van der Waals surface area contributed by atoms with Gasteiger partial charge in [0.25, 0.3) is 40.5 Å². The summed E-state index contributed by atoms with van der Waals surface area (Å²) in [5.74, 6) is 0. The molecule has 65 heavy (non-hydrogen) atoms. The van der Waals surface area contributed by atoms with Crippen LogP contribution in [-0.2, 0) is 40.5 Å². The third kappa shape index (κ3) is 12.4. The first kappa shape index (κ1) is 47.0. The largest absolute Gasteiger partial charge is 0.594 e. The van der Waals surface area contributed by atoms with Gasteiger partial charge < -0.3 is 15.6 Å². The van der Waals surface area contributed by atoms with Crippen LogP contribution in [0.2, 0.25) is 0 Å². The van der Waals surface area contributed by atoms with Gasteiger partial charge in [-0.15, -0.1) is 0 Å². The Hall–Kier alpha value is -7.50. The van der Waals surface area contributed by atoms with Crippen molar-refractivity contribution in [1.82, 2.24) is 0 Å². The van der Waals surface area contributed by atoms with Crippen LogP contribution in [0, 0.1) is 15.6 Å². The Morgan fingerprint density at radius 2 is 0.646 bits per heavy atom. The van der Waals surface area contributed by atoms with Gasteiger partial charge in [-0.3, -0.25) is 18.2 Å². The third-order valence-electron chi connectivity index (χ3n) is 8.52. The maximum atomic E-state index is 13.0. The van der Waals surface area contributed by atoms with Crippen LogP contribution in [-0.4, -0.2) is 66.5 Å². The molecule has 0 heterocycles. The summed E-state index contributed by atoms with van der Waals surface area (Å²) < 4.78 is 133. The molecule has 0 bridgehead atoms. The maximum absolute atomic E-state index is 13.0. The van der Waals surface area contributed by atoms with Crippen LogP contribution >= 0.6 is 0 Å². The predicted octanol–water partition coefficient (Wildman–Crippen LogP) is 9.04. The Morgan fingerprint density at radius 3 is 0.985 bits per heavy atom. The molecule has 0 fully saturated rings. The second-order valence-corrected chi connectivity index (χ2v) is 18.6. The lowest BCUT2D eigenvalue weighted by atomic mass is 10.1. The fourth-order valence-corrected chi connectivity index (χ4v) is 7.76. The van der Waals surface area contributed by atoms with E-state index in [2.05, 4.69) is 25.6 Å². The van der Waals surface area contributed by atoms with E-state index in [1.807, 2.05) is 0 Å². The minimum absolute atomic E-state index is 0.0121. The molecule has 0 radical (unpaired) electrons.